The third kappa shape index (κ3) is 2.71. The minimum absolute atomic E-state index is 0.0941. The highest BCUT2D eigenvalue weighted by molar-refractivity contribution is 5.76. The average Bonchev–Trinajstić information content (AvgIpc) is 2.11. The highest BCUT2D eigenvalue weighted by atomic mass is 16.5. The van der Waals surface area contributed by atoms with Crippen molar-refractivity contribution < 1.29 is 19.4 Å². The Kier molecular flexibility index (Phi) is 3.34. The fraction of sp³-hybridized carbons (Fsp3) is 0.600. The summed E-state index contributed by atoms with van der Waals surface area (Å²) in [6, 6.07) is -0.0941. The van der Waals surface area contributed by atoms with Crippen molar-refractivity contribution >= 4 is 12.1 Å². The van der Waals surface area contributed by atoms with Crippen LogP contribution in [0, 0.1) is 5.41 Å². The molecule has 5 heteroatoms. The van der Waals surface area contributed by atoms with Crippen LogP contribution >= 0.6 is 0 Å². The van der Waals surface area contributed by atoms with Gasteiger partial charge in [0.1, 0.15) is 6.61 Å². The maximum absolute atomic E-state index is 11.1. The van der Waals surface area contributed by atoms with Gasteiger partial charge in [-0.15, -0.1) is 0 Å². The van der Waals surface area contributed by atoms with E-state index < -0.39 is 17.5 Å². The van der Waals surface area contributed by atoms with Crippen LogP contribution < -0.4 is 5.32 Å². The summed E-state index contributed by atoms with van der Waals surface area (Å²) in [4.78, 5) is 21.8. The molecule has 0 saturated heterocycles. The highest BCUT2D eigenvalue weighted by Crippen LogP contribution is 2.40. The van der Waals surface area contributed by atoms with Crippen molar-refractivity contribution in [2.24, 2.45) is 5.41 Å². The van der Waals surface area contributed by atoms with Gasteiger partial charge in [0.15, 0.2) is 0 Å². The molecule has 0 atom stereocenters. The van der Waals surface area contributed by atoms with Gasteiger partial charge in [-0.1, -0.05) is 12.7 Å². The van der Waals surface area contributed by atoms with Gasteiger partial charge in [0.2, 0.25) is 0 Å². The van der Waals surface area contributed by atoms with E-state index in [0.29, 0.717) is 12.8 Å². The molecule has 0 aromatic carbocycles. The summed E-state index contributed by atoms with van der Waals surface area (Å²) in [7, 11) is 0. The van der Waals surface area contributed by atoms with Crippen LogP contribution in [-0.4, -0.2) is 29.8 Å². The Labute approximate surface area is 88.1 Å². The van der Waals surface area contributed by atoms with Gasteiger partial charge in [0.25, 0.3) is 0 Å². The van der Waals surface area contributed by atoms with Gasteiger partial charge in [-0.3, -0.25) is 4.79 Å². The number of aliphatic carboxylic acids is 1. The van der Waals surface area contributed by atoms with Gasteiger partial charge < -0.3 is 15.2 Å². The van der Waals surface area contributed by atoms with Crippen molar-refractivity contribution in [3.63, 3.8) is 0 Å². The molecule has 1 aliphatic carbocycles. The standard InChI is InChI=1S/C10H15NO4/c1-3-4-15-9(14)11-7-5-10(2,6-7)8(12)13/h3,7H,1,4-6H2,2H3,(H,11,14)(H,12,13). The van der Waals surface area contributed by atoms with Crippen LogP contribution in [0.5, 0.6) is 0 Å². The molecule has 0 radical (unpaired) electrons. The number of hydrogen-bond acceptors (Lipinski definition) is 3. The number of rotatable bonds is 4. The molecule has 0 bridgehead atoms. The van der Waals surface area contributed by atoms with Gasteiger partial charge in [-0.25, -0.2) is 4.79 Å². The summed E-state index contributed by atoms with van der Waals surface area (Å²) in [5.74, 6) is -0.819. The summed E-state index contributed by atoms with van der Waals surface area (Å²) < 4.78 is 4.71. The smallest absolute Gasteiger partial charge is 0.407 e. The van der Waals surface area contributed by atoms with Crippen molar-refractivity contribution in [2.75, 3.05) is 6.61 Å². The zero-order valence-electron chi connectivity index (χ0n) is 8.66. The molecule has 1 rings (SSSR count). The Balaban J connectivity index is 2.25. The molecule has 84 valence electrons. The summed E-state index contributed by atoms with van der Waals surface area (Å²) >= 11 is 0. The molecule has 1 fully saturated rings. The van der Waals surface area contributed by atoms with Crippen molar-refractivity contribution in [3.05, 3.63) is 12.7 Å². The minimum atomic E-state index is -0.819. The number of alkyl carbamates (subject to hydrolysis) is 1. The Morgan fingerprint density at radius 1 is 1.67 bits per heavy atom. The minimum Gasteiger partial charge on any atom is -0.481 e. The van der Waals surface area contributed by atoms with Crippen LogP contribution in [0.15, 0.2) is 12.7 Å². The molecule has 0 heterocycles. The Hall–Kier alpha value is -1.52. The lowest BCUT2D eigenvalue weighted by Crippen LogP contribution is -2.53. The molecule has 0 unspecified atom stereocenters. The zero-order valence-corrected chi connectivity index (χ0v) is 8.66. The lowest BCUT2D eigenvalue weighted by Gasteiger charge is -2.41. The molecular formula is C10H15NO4. The van der Waals surface area contributed by atoms with E-state index in [0.717, 1.165) is 0 Å². The normalized spacial score (nSPS) is 28.7. The summed E-state index contributed by atoms with van der Waals surface area (Å²) in [6.07, 6.45) is 1.85. The fourth-order valence-corrected chi connectivity index (χ4v) is 1.65. The van der Waals surface area contributed by atoms with Crippen LogP contribution in [0.3, 0.4) is 0 Å². The van der Waals surface area contributed by atoms with E-state index in [4.69, 9.17) is 9.84 Å². The number of carbonyl (C=O) groups is 2. The molecule has 2 N–H and O–H groups in total. The monoisotopic (exact) mass is 213 g/mol. The quantitative estimate of drug-likeness (QED) is 0.687. The number of carbonyl (C=O) groups excluding carboxylic acids is 1. The maximum Gasteiger partial charge on any atom is 0.407 e. The summed E-state index contributed by atoms with van der Waals surface area (Å²) in [5, 5.41) is 11.4. The fourth-order valence-electron chi connectivity index (χ4n) is 1.65. The second-order valence-electron chi connectivity index (χ2n) is 4.00. The Morgan fingerprint density at radius 3 is 2.73 bits per heavy atom. The average molecular weight is 213 g/mol. The van der Waals surface area contributed by atoms with E-state index in [1.54, 1.807) is 6.92 Å². The first-order valence-corrected chi connectivity index (χ1v) is 4.75. The van der Waals surface area contributed by atoms with E-state index in [2.05, 4.69) is 11.9 Å². The largest absolute Gasteiger partial charge is 0.481 e. The van der Waals surface area contributed by atoms with Gasteiger partial charge >= 0.3 is 12.1 Å². The summed E-state index contributed by atoms with van der Waals surface area (Å²) in [6.45, 7) is 5.24. The number of amides is 1. The van der Waals surface area contributed by atoms with E-state index in [1.807, 2.05) is 0 Å². The van der Waals surface area contributed by atoms with Crippen molar-refractivity contribution in [2.45, 2.75) is 25.8 Å². The molecule has 0 aliphatic heterocycles. The van der Waals surface area contributed by atoms with Gasteiger partial charge in [-0.05, 0) is 19.8 Å². The SMILES string of the molecule is C=CCOC(=O)NC1CC(C)(C(=O)O)C1. The molecule has 0 aromatic heterocycles. The second kappa shape index (κ2) is 4.33. The number of hydrogen-bond donors (Lipinski definition) is 2. The van der Waals surface area contributed by atoms with Crippen LogP contribution in [0.4, 0.5) is 4.79 Å². The highest BCUT2D eigenvalue weighted by Gasteiger charge is 2.47. The van der Waals surface area contributed by atoms with Crippen LogP contribution in [0.1, 0.15) is 19.8 Å². The molecule has 15 heavy (non-hydrogen) atoms. The number of carboxylic acid groups (broad SMARTS) is 1. The Bertz CT molecular complexity index is 281. The predicted molar refractivity (Wildman–Crippen MR) is 53.4 cm³/mol. The first kappa shape index (κ1) is 11.6. The van der Waals surface area contributed by atoms with Crippen LogP contribution in [0.25, 0.3) is 0 Å². The summed E-state index contributed by atoms with van der Waals surface area (Å²) in [5.41, 5.74) is -0.698. The van der Waals surface area contributed by atoms with E-state index in [1.165, 1.54) is 6.08 Å². The number of nitrogens with one attached hydrogen (secondary N) is 1. The molecule has 0 spiro atoms. The number of carboxylic acids is 1. The van der Waals surface area contributed by atoms with E-state index >= 15 is 0 Å². The van der Waals surface area contributed by atoms with Gasteiger partial charge in [-0.2, -0.15) is 0 Å². The topological polar surface area (TPSA) is 75.6 Å². The van der Waals surface area contributed by atoms with Gasteiger partial charge in [0, 0.05) is 6.04 Å². The molecule has 0 aromatic rings. The third-order valence-electron chi connectivity index (χ3n) is 2.56. The number of ether oxygens (including phenoxy) is 1. The maximum atomic E-state index is 11.1. The molecule has 1 saturated carbocycles. The van der Waals surface area contributed by atoms with Crippen LogP contribution in [-0.2, 0) is 9.53 Å². The van der Waals surface area contributed by atoms with Gasteiger partial charge in [0.05, 0.1) is 5.41 Å². The predicted octanol–water partition coefficient (Wildman–Crippen LogP) is 1.15. The molecule has 1 amide bonds. The third-order valence-corrected chi connectivity index (χ3v) is 2.56. The lowest BCUT2D eigenvalue weighted by molar-refractivity contribution is -0.154. The molecular weight excluding hydrogens is 198 g/mol. The van der Waals surface area contributed by atoms with Crippen LogP contribution in [0.2, 0.25) is 0 Å². The van der Waals surface area contributed by atoms with Crippen molar-refractivity contribution in [3.8, 4) is 0 Å². The van der Waals surface area contributed by atoms with Crippen molar-refractivity contribution in [1.29, 1.82) is 0 Å². The van der Waals surface area contributed by atoms with E-state index in [9.17, 15) is 9.59 Å². The van der Waals surface area contributed by atoms with E-state index in [-0.39, 0.29) is 12.6 Å². The molecule has 1 aliphatic rings. The zero-order chi connectivity index (χ0) is 11.5. The molecule has 5 nitrogen and oxygen atoms in total. The lowest BCUT2D eigenvalue weighted by atomic mass is 9.67. The second-order valence-corrected chi connectivity index (χ2v) is 4.00. The van der Waals surface area contributed by atoms with Crippen molar-refractivity contribution in [1.82, 2.24) is 5.32 Å². The first-order valence-electron chi connectivity index (χ1n) is 4.75. The first-order chi connectivity index (χ1) is 6.98. The Morgan fingerprint density at radius 2 is 2.27 bits per heavy atom.